The number of allylic oxidation sites excluding steroid dienone is 2. The third kappa shape index (κ3) is 15.1. The zero-order chi connectivity index (χ0) is 26.0. The fraction of sp³-hybridized carbons (Fsp3) is 0.815. The quantitative estimate of drug-likeness (QED) is 0.101. The molecule has 0 aliphatic rings. The molecule has 198 valence electrons. The SMILES string of the molecule is CCC/C=C/CCCCCCCCCC[N+](CC(C)C(=O)O)(CC(C)C(=O)O)CC(C)C(=O)O. The van der Waals surface area contributed by atoms with Gasteiger partial charge in [0.1, 0.15) is 17.8 Å². The van der Waals surface area contributed by atoms with E-state index in [2.05, 4.69) is 19.1 Å². The number of rotatable bonds is 22. The second kappa shape index (κ2) is 18.4. The van der Waals surface area contributed by atoms with Crippen LogP contribution in [0.2, 0.25) is 0 Å². The Bertz CT molecular complexity index is 563. The lowest BCUT2D eigenvalue weighted by atomic mass is 10.00. The predicted octanol–water partition coefficient (Wildman–Crippen LogP) is 5.83. The molecule has 0 saturated carbocycles. The minimum Gasteiger partial charge on any atom is -0.481 e. The van der Waals surface area contributed by atoms with Crippen LogP contribution in [-0.2, 0) is 14.4 Å². The number of hydrogen-bond donors (Lipinski definition) is 3. The number of carbonyl (C=O) groups is 3. The van der Waals surface area contributed by atoms with Crippen molar-refractivity contribution < 1.29 is 34.2 Å². The molecule has 0 aromatic heterocycles. The van der Waals surface area contributed by atoms with Gasteiger partial charge in [-0.05, 0) is 52.9 Å². The van der Waals surface area contributed by atoms with Crippen molar-refractivity contribution in [1.29, 1.82) is 0 Å². The first-order valence-electron chi connectivity index (χ1n) is 13.2. The molecule has 0 aliphatic carbocycles. The molecular weight excluding hydrogens is 434 g/mol. The predicted molar refractivity (Wildman–Crippen MR) is 136 cm³/mol. The van der Waals surface area contributed by atoms with E-state index in [4.69, 9.17) is 0 Å². The molecule has 7 heteroatoms. The van der Waals surface area contributed by atoms with Crippen LogP contribution in [0.3, 0.4) is 0 Å². The van der Waals surface area contributed by atoms with Crippen molar-refractivity contribution in [2.75, 3.05) is 26.2 Å². The van der Waals surface area contributed by atoms with Crippen LogP contribution in [-0.4, -0.2) is 63.9 Å². The molecule has 0 aliphatic heterocycles. The molecule has 0 heterocycles. The first-order valence-corrected chi connectivity index (χ1v) is 13.2. The van der Waals surface area contributed by atoms with E-state index in [9.17, 15) is 29.7 Å². The Morgan fingerprint density at radius 3 is 1.35 bits per heavy atom. The molecule has 0 aromatic rings. The van der Waals surface area contributed by atoms with Gasteiger partial charge in [-0.25, -0.2) is 0 Å². The zero-order valence-corrected chi connectivity index (χ0v) is 22.0. The maximum absolute atomic E-state index is 11.6. The number of quaternary nitrogens is 1. The van der Waals surface area contributed by atoms with Crippen LogP contribution in [0.4, 0.5) is 0 Å². The maximum Gasteiger partial charge on any atom is 0.311 e. The van der Waals surface area contributed by atoms with E-state index in [0.29, 0.717) is 6.54 Å². The van der Waals surface area contributed by atoms with Crippen LogP contribution in [0.15, 0.2) is 12.2 Å². The topological polar surface area (TPSA) is 112 Å². The Morgan fingerprint density at radius 2 is 0.971 bits per heavy atom. The van der Waals surface area contributed by atoms with Crippen LogP contribution in [0.25, 0.3) is 0 Å². The molecule has 0 aromatic carbocycles. The molecule has 0 amide bonds. The van der Waals surface area contributed by atoms with E-state index in [1.54, 1.807) is 20.8 Å². The standard InChI is InChI=1S/C27H49NO6/c1-5-6-7-8-9-10-11-12-13-14-15-16-17-18-28(19-22(2)25(29)30,20-23(3)26(31)32)21-24(4)27(33)34/h7-8,22-24H,5-6,9-21H2,1-4H3,(H2-,29,30,31,32,33,34)/p+1/b8-7+. The summed E-state index contributed by atoms with van der Waals surface area (Å²) in [6.45, 7) is 8.39. The minimum atomic E-state index is -0.936. The summed E-state index contributed by atoms with van der Waals surface area (Å²) in [4.78, 5) is 34.7. The van der Waals surface area contributed by atoms with Gasteiger partial charge in [-0.15, -0.1) is 0 Å². The lowest BCUT2D eigenvalue weighted by molar-refractivity contribution is -0.934. The molecule has 34 heavy (non-hydrogen) atoms. The highest BCUT2D eigenvalue weighted by Gasteiger charge is 2.38. The van der Waals surface area contributed by atoms with E-state index in [1.807, 2.05) is 0 Å². The van der Waals surface area contributed by atoms with Crippen LogP contribution in [0.1, 0.15) is 98.3 Å². The number of unbranched alkanes of at least 4 members (excludes halogenated alkanes) is 9. The summed E-state index contributed by atoms with van der Waals surface area (Å²) >= 11 is 0. The molecule has 0 radical (unpaired) electrons. The van der Waals surface area contributed by atoms with Gasteiger partial charge in [0.05, 0.1) is 26.2 Å². The molecule has 0 fully saturated rings. The molecule has 0 spiro atoms. The Hall–Kier alpha value is -1.89. The summed E-state index contributed by atoms with van der Waals surface area (Å²) in [7, 11) is 0. The maximum atomic E-state index is 11.6. The molecule has 3 unspecified atom stereocenters. The summed E-state index contributed by atoms with van der Waals surface area (Å²) < 4.78 is 0.222. The van der Waals surface area contributed by atoms with Gasteiger partial charge in [-0.2, -0.15) is 0 Å². The summed E-state index contributed by atoms with van der Waals surface area (Å²) in [6.07, 6.45) is 17.1. The van der Waals surface area contributed by atoms with Crippen molar-refractivity contribution in [3.63, 3.8) is 0 Å². The van der Waals surface area contributed by atoms with Crippen molar-refractivity contribution in [3.8, 4) is 0 Å². The highest BCUT2D eigenvalue weighted by Crippen LogP contribution is 2.22. The molecule has 0 rings (SSSR count). The fourth-order valence-corrected chi connectivity index (χ4v) is 4.65. The Morgan fingerprint density at radius 1 is 0.618 bits per heavy atom. The van der Waals surface area contributed by atoms with Crippen molar-refractivity contribution in [1.82, 2.24) is 0 Å². The highest BCUT2D eigenvalue weighted by molar-refractivity contribution is 5.70. The lowest BCUT2D eigenvalue weighted by Gasteiger charge is -2.42. The van der Waals surface area contributed by atoms with E-state index in [0.717, 1.165) is 32.1 Å². The van der Waals surface area contributed by atoms with Gasteiger partial charge in [0.2, 0.25) is 0 Å². The van der Waals surface area contributed by atoms with Gasteiger partial charge in [0.25, 0.3) is 0 Å². The Balaban J connectivity index is 4.74. The number of carboxylic acids is 3. The smallest absolute Gasteiger partial charge is 0.311 e. The van der Waals surface area contributed by atoms with Gasteiger partial charge >= 0.3 is 17.9 Å². The first-order chi connectivity index (χ1) is 16.0. The molecule has 0 bridgehead atoms. The highest BCUT2D eigenvalue weighted by atomic mass is 16.4. The van der Waals surface area contributed by atoms with Gasteiger partial charge in [0, 0.05) is 0 Å². The van der Waals surface area contributed by atoms with Crippen molar-refractivity contribution in [2.45, 2.75) is 98.3 Å². The molecule has 3 atom stereocenters. The summed E-state index contributed by atoms with van der Waals surface area (Å²) in [5.41, 5.74) is 0. The normalized spacial score (nSPS) is 16.1. The van der Waals surface area contributed by atoms with E-state index < -0.39 is 35.7 Å². The van der Waals surface area contributed by atoms with Crippen molar-refractivity contribution >= 4 is 17.9 Å². The van der Waals surface area contributed by atoms with Gasteiger partial charge in [-0.1, -0.05) is 57.6 Å². The molecule has 3 N–H and O–H groups in total. The largest absolute Gasteiger partial charge is 0.481 e. The molecule has 0 saturated heterocycles. The first kappa shape index (κ1) is 32.1. The molecular formula is C27H50NO6+. The van der Waals surface area contributed by atoms with Crippen molar-refractivity contribution in [2.24, 2.45) is 17.8 Å². The number of hydrogen-bond acceptors (Lipinski definition) is 3. The Labute approximate surface area is 206 Å². The van der Waals surface area contributed by atoms with Crippen LogP contribution in [0, 0.1) is 17.8 Å². The monoisotopic (exact) mass is 484 g/mol. The van der Waals surface area contributed by atoms with E-state index in [1.165, 1.54) is 38.5 Å². The van der Waals surface area contributed by atoms with Gasteiger partial charge in [0.15, 0.2) is 0 Å². The van der Waals surface area contributed by atoms with E-state index in [-0.39, 0.29) is 24.1 Å². The third-order valence-corrected chi connectivity index (χ3v) is 6.62. The fourth-order valence-electron chi connectivity index (χ4n) is 4.65. The number of aliphatic carboxylic acids is 3. The van der Waals surface area contributed by atoms with Crippen molar-refractivity contribution in [3.05, 3.63) is 12.2 Å². The number of nitrogens with zero attached hydrogens (tertiary/aromatic N) is 1. The van der Waals surface area contributed by atoms with Crippen LogP contribution in [0.5, 0.6) is 0 Å². The third-order valence-electron chi connectivity index (χ3n) is 6.62. The second-order valence-corrected chi connectivity index (χ2v) is 10.2. The summed E-state index contributed by atoms with van der Waals surface area (Å²) in [5.74, 6) is -4.81. The summed E-state index contributed by atoms with van der Waals surface area (Å²) in [6, 6.07) is 0. The average molecular weight is 485 g/mol. The summed E-state index contributed by atoms with van der Waals surface area (Å²) in [5, 5.41) is 28.4. The van der Waals surface area contributed by atoms with E-state index >= 15 is 0 Å². The number of carboxylic acid groups (broad SMARTS) is 3. The Kier molecular flexibility index (Phi) is 17.4. The zero-order valence-electron chi connectivity index (χ0n) is 22.0. The van der Waals surface area contributed by atoms with Crippen LogP contribution >= 0.6 is 0 Å². The molecule has 7 nitrogen and oxygen atoms in total. The average Bonchev–Trinajstić information content (AvgIpc) is 2.76. The second-order valence-electron chi connectivity index (χ2n) is 10.2. The van der Waals surface area contributed by atoms with Gasteiger partial charge in [-0.3, -0.25) is 14.4 Å². The minimum absolute atomic E-state index is 0.222. The van der Waals surface area contributed by atoms with Crippen LogP contribution < -0.4 is 0 Å². The lowest BCUT2D eigenvalue weighted by Crippen LogP contribution is -2.57. The van der Waals surface area contributed by atoms with Gasteiger partial charge < -0.3 is 19.8 Å².